The molecule has 2 rings (SSSR count). The highest BCUT2D eigenvalue weighted by atomic mass is 79.9. The van der Waals surface area contributed by atoms with Gasteiger partial charge in [-0.2, -0.15) is 0 Å². The van der Waals surface area contributed by atoms with Crippen molar-refractivity contribution >= 4 is 33.2 Å². The predicted molar refractivity (Wildman–Crippen MR) is 75.9 cm³/mol. The van der Waals surface area contributed by atoms with Crippen LogP contribution in [0.5, 0.6) is 0 Å². The predicted octanol–water partition coefficient (Wildman–Crippen LogP) is 3.93. The number of hydrogen-bond donors (Lipinski definition) is 1. The van der Waals surface area contributed by atoms with Gasteiger partial charge < -0.3 is 5.11 Å². The smallest absolute Gasteiger partial charge is 0.316 e. The topological polar surface area (TPSA) is 50.2 Å². The molecule has 18 heavy (non-hydrogen) atoms. The fraction of sp³-hybridized carbons (Fsp3) is 0.231. The molecule has 0 spiro atoms. The van der Waals surface area contributed by atoms with Crippen LogP contribution in [0, 0.1) is 0 Å². The summed E-state index contributed by atoms with van der Waals surface area (Å²) < 4.78 is 0.979. The summed E-state index contributed by atoms with van der Waals surface area (Å²) in [5, 5.41) is 11.7. The van der Waals surface area contributed by atoms with Crippen LogP contribution in [-0.2, 0) is 10.2 Å². The standard InChI is InChI=1S/C13H12BrNO2S/c1-13(2,12(16)17)11-15-10(7-18-11)8-4-3-5-9(14)6-8/h3-7H,1-2H3,(H,16,17). The van der Waals surface area contributed by atoms with Crippen molar-refractivity contribution in [3.63, 3.8) is 0 Å². The van der Waals surface area contributed by atoms with Crippen LogP contribution >= 0.6 is 27.3 Å². The normalized spacial score (nSPS) is 11.5. The zero-order valence-electron chi connectivity index (χ0n) is 9.98. The number of carboxylic acids is 1. The number of thiazole rings is 1. The van der Waals surface area contributed by atoms with Crippen molar-refractivity contribution < 1.29 is 9.90 Å². The Kier molecular flexibility index (Phi) is 3.54. The number of nitrogens with zero attached hydrogens (tertiary/aromatic N) is 1. The lowest BCUT2D eigenvalue weighted by molar-refractivity contribution is -0.142. The van der Waals surface area contributed by atoms with E-state index in [-0.39, 0.29) is 0 Å². The third-order valence-corrected chi connectivity index (χ3v) is 4.35. The van der Waals surface area contributed by atoms with Crippen LogP contribution in [0.4, 0.5) is 0 Å². The van der Waals surface area contributed by atoms with Gasteiger partial charge in [0.15, 0.2) is 0 Å². The Morgan fingerprint density at radius 2 is 2.17 bits per heavy atom. The fourth-order valence-electron chi connectivity index (χ4n) is 1.43. The Balaban J connectivity index is 2.40. The molecule has 0 radical (unpaired) electrons. The highest BCUT2D eigenvalue weighted by Crippen LogP contribution is 2.31. The quantitative estimate of drug-likeness (QED) is 0.929. The minimum atomic E-state index is -0.949. The van der Waals surface area contributed by atoms with Crippen molar-refractivity contribution in [2.24, 2.45) is 0 Å². The molecule has 0 amide bonds. The maximum atomic E-state index is 11.2. The Morgan fingerprint density at radius 1 is 1.44 bits per heavy atom. The van der Waals surface area contributed by atoms with Gasteiger partial charge >= 0.3 is 5.97 Å². The molecule has 0 saturated carbocycles. The third kappa shape index (κ3) is 2.47. The molecule has 0 saturated heterocycles. The summed E-state index contributed by atoms with van der Waals surface area (Å²) in [4.78, 5) is 15.6. The summed E-state index contributed by atoms with van der Waals surface area (Å²) in [6.07, 6.45) is 0. The fourth-order valence-corrected chi connectivity index (χ4v) is 2.78. The van der Waals surface area contributed by atoms with Gasteiger partial charge in [0.25, 0.3) is 0 Å². The molecule has 3 nitrogen and oxygen atoms in total. The first kappa shape index (κ1) is 13.2. The number of rotatable bonds is 3. The van der Waals surface area contributed by atoms with Gasteiger partial charge in [-0.3, -0.25) is 4.79 Å². The van der Waals surface area contributed by atoms with E-state index in [0.29, 0.717) is 5.01 Å². The van der Waals surface area contributed by atoms with E-state index in [2.05, 4.69) is 20.9 Å². The van der Waals surface area contributed by atoms with Crippen molar-refractivity contribution in [1.82, 2.24) is 4.98 Å². The lowest BCUT2D eigenvalue weighted by atomic mass is 9.95. The first-order chi connectivity index (χ1) is 8.41. The molecule has 1 aromatic heterocycles. The third-order valence-electron chi connectivity index (χ3n) is 2.69. The highest BCUT2D eigenvalue weighted by molar-refractivity contribution is 9.10. The molecule has 2 aromatic rings. The van der Waals surface area contributed by atoms with Gasteiger partial charge in [0.2, 0.25) is 0 Å². The number of carbonyl (C=O) groups is 1. The van der Waals surface area contributed by atoms with Crippen molar-refractivity contribution in [2.45, 2.75) is 19.3 Å². The van der Waals surface area contributed by atoms with E-state index >= 15 is 0 Å². The number of hydrogen-bond acceptors (Lipinski definition) is 3. The number of aliphatic carboxylic acids is 1. The van der Waals surface area contributed by atoms with Gasteiger partial charge in [0.1, 0.15) is 10.4 Å². The molecule has 0 fully saturated rings. The van der Waals surface area contributed by atoms with Crippen molar-refractivity contribution in [1.29, 1.82) is 0 Å². The van der Waals surface area contributed by atoms with Gasteiger partial charge in [-0.25, -0.2) is 4.98 Å². The lowest BCUT2D eigenvalue weighted by Crippen LogP contribution is -2.28. The van der Waals surface area contributed by atoms with Crippen LogP contribution in [-0.4, -0.2) is 16.1 Å². The number of carboxylic acid groups (broad SMARTS) is 1. The van der Waals surface area contributed by atoms with Gasteiger partial charge in [-0.05, 0) is 26.0 Å². The molecular formula is C13H12BrNO2S. The van der Waals surface area contributed by atoms with Crippen molar-refractivity contribution in [3.05, 3.63) is 39.1 Å². The monoisotopic (exact) mass is 325 g/mol. The molecule has 1 N–H and O–H groups in total. The maximum absolute atomic E-state index is 11.2. The van der Waals surface area contributed by atoms with E-state index < -0.39 is 11.4 Å². The summed E-state index contributed by atoms with van der Waals surface area (Å²) in [5.41, 5.74) is 0.841. The van der Waals surface area contributed by atoms with Crippen LogP contribution in [0.1, 0.15) is 18.9 Å². The van der Waals surface area contributed by atoms with E-state index in [1.54, 1.807) is 13.8 Å². The zero-order chi connectivity index (χ0) is 13.3. The molecule has 0 aliphatic rings. The van der Waals surface area contributed by atoms with Crippen molar-refractivity contribution in [2.75, 3.05) is 0 Å². The van der Waals surface area contributed by atoms with E-state index in [1.165, 1.54) is 11.3 Å². The average molecular weight is 326 g/mol. The van der Waals surface area contributed by atoms with Gasteiger partial charge in [-0.1, -0.05) is 28.1 Å². The largest absolute Gasteiger partial charge is 0.481 e. The second-order valence-electron chi connectivity index (χ2n) is 4.48. The van der Waals surface area contributed by atoms with Crippen LogP contribution in [0.15, 0.2) is 34.1 Å². The van der Waals surface area contributed by atoms with E-state index in [0.717, 1.165) is 15.7 Å². The van der Waals surface area contributed by atoms with E-state index in [4.69, 9.17) is 0 Å². The van der Waals surface area contributed by atoms with Crippen LogP contribution in [0.3, 0.4) is 0 Å². The SMILES string of the molecule is CC(C)(C(=O)O)c1nc(-c2cccc(Br)c2)cs1. The molecule has 0 aliphatic heterocycles. The Bertz CT molecular complexity index is 592. The lowest BCUT2D eigenvalue weighted by Gasteiger charge is -2.15. The van der Waals surface area contributed by atoms with Gasteiger partial charge in [0, 0.05) is 15.4 Å². The maximum Gasteiger partial charge on any atom is 0.316 e. The summed E-state index contributed by atoms with van der Waals surface area (Å²) in [6, 6.07) is 7.79. The van der Waals surface area contributed by atoms with Crippen LogP contribution in [0.2, 0.25) is 0 Å². The van der Waals surface area contributed by atoms with Gasteiger partial charge in [0.05, 0.1) is 5.69 Å². The average Bonchev–Trinajstić information content (AvgIpc) is 2.78. The van der Waals surface area contributed by atoms with E-state index in [9.17, 15) is 9.90 Å². The summed E-state index contributed by atoms with van der Waals surface area (Å²) >= 11 is 4.79. The molecule has 1 heterocycles. The number of aromatic nitrogens is 1. The van der Waals surface area contributed by atoms with Crippen LogP contribution in [0.25, 0.3) is 11.3 Å². The Morgan fingerprint density at radius 3 is 2.78 bits per heavy atom. The zero-order valence-corrected chi connectivity index (χ0v) is 12.4. The molecule has 0 bridgehead atoms. The summed E-state index contributed by atoms with van der Waals surface area (Å²) in [6.45, 7) is 3.33. The Hall–Kier alpha value is -1.20. The van der Waals surface area contributed by atoms with E-state index in [1.807, 2.05) is 29.6 Å². The minimum absolute atomic E-state index is 0.616. The first-order valence-electron chi connectivity index (χ1n) is 5.36. The molecular weight excluding hydrogens is 314 g/mol. The number of benzene rings is 1. The summed E-state index contributed by atoms with van der Waals surface area (Å²) in [5.74, 6) is -0.863. The first-order valence-corrected chi connectivity index (χ1v) is 7.04. The highest BCUT2D eigenvalue weighted by Gasteiger charge is 2.32. The molecule has 0 aliphatic carbocycles. The minimum Gasteiger partial charge on any atom is -0.481 e. The molecule has 5 heteroatoms. The summed E-state index contributed by atoms with van der Waals surface area (Å²) in [7, 11) is 0. The second kappa shape index (κ2) is 4.82. The van der Waals surface area contributed by atoms with Crippen LogP contribution < -0.4 is 0 Å². The molecule has 94 valence electrons. The molecule has 0 atom stereocenters. The van der Waals surface area contributed by atoms with Gasteiger partial charge in [-0.15, -0.1) is 11.3 Å². The molecule has 0 unspecified atom stereocenters. The molecule has 1 aromatic carbocycles. The number of halogens is 1. The van der Waals surface area contributed by atoms with Crippen molar-refractivity contribution in [3.8, 4) is 11.3 Å². The Labute approximate surface area is 118 Å². The second-order valence-corrected chi connectivity index (χ2v) is 6.25.